The number of hydrogen-bond donors (Lipinski definition) is 1. The number of nitrogens with zero attached hydrogens (tertiary/aromatic N) is 3. The first-order valence-electron chi connectivity index (χ1n) is 8.99. The Morgan fingerprint density at radius 2 is 1.79 bits per heavy atom. The van der Waals surface area contributed by atoms with Crippen molar-refractivity contribution in [2.24, 2.45) is 0 Å². The van der Waals surface area contributed by atoms with Crippen LogP contribution in [-0.4, -0.2) is 58.8 Å². The molecular weight excluding hydrogens is 378 g/mol. The van der Waals surface area contributed by atoms with Gasteiger partial charge in [0.1, 0.15) is 5.76 Å². The van der Waals surface area contributed by atoms with Crippen LogP contribution in [0.1, 0.15) is 23.6 Å². The first-order chi connectivity index (χ1) is 13.4. The SMILES string of the molecule is CN(C)CCCN1C(=O)C(=O)C(=C(O)c2ccc(Cl)cc2)[C@H]1c1ccncc1. The summed E-state index contributed by atoms with van der Waals surface area (Å²) in [5.41, 5.74) is 1.26. The van der Waals surface area contributed by atoms with Crippen LogP contribution in [0.2, 0.25) is 5.02 Å². The number of carbonyl (C=O) groups excluding carboxylic acids is 2. The highest BCUT2D eigenvalue weighted by Crippen LogP contribution is 2.39. The van der Waals surface area contributed by atoms with Gasteiger partial charge in [0.15, 0.2) is 0 Å². The van der Waals surface area contributed by atoms with Gasteiger partial charge in [0.25, 0.3) is 11.7 Å². The number of ketones is 1. The summed E-state index contributed by atoms with van der Waals surface area (Å²) in [6.07, 6.45) is 3.93. The number of likely N-dealkylation sites (tertiary alicyclic amines) is 1. The average Bonchev–Trinajstić information content (AvgIpc) is 2.93. The number of aromatic nitrogens is 1. The lowest BCUT2D eigenvalue weighted by Gasteiger charge is -2.25. The van der Waals surface area contributed by atoms with Crippen LogP contribution >= 0.6 is 11.6 Å². The third kappa shape index (κ3) is 4.08. The van der Waals surface area contributed by atoms with Gasteiger partial charge < -0.3 is 14.9 Å². The van der Waals surface area contributed by atoms with Crippen LogP contribution in [0.25, 0.3) is 5.76 Å². The minimum absolute atomic E-state index is 0.0865. The van der Waals surface area contributed by atoms with Crippen molar-refractivity contribution < 1.29 is 14.7 Å². The average molecular weight is 400 g/mol. The zero-order valence-corrected chi connectivity index (χ0v) is 16.6. The maximum atomic E-state index is 12.8. The largest absolute Gasteiger partial charge is 0.507 e. The topological polar surface area (TPSA) is 73.7 Å². The molecule has 2 heterocycles. The Kier molecular flexibility index (Phi) is 6.11. The van der Waals surface area contributed by atoms with Gasteiger partial charge in [0.05, 0.1) is 11.6 Å². The molecule has 1 fully saturated rings. The van der Waals surface area contributed by atoms with E-state index in [4.69, 9.17) is 11.6 Å². The molecule has 0 saturated carbocycles. The summed E-state index contributed by atoms with van der Waals surface area (Å²) < 4.78 is 0. The highest BCUT2D eigenvalue weighted by Gasteiger charge is 2.45. The Labute approximate surface area is 169 Å². The van der Waals surface area contributed by atoms with Crippen molar-refractivity contribution in [3.05, 3.63) is 70.5 Å². The predicted octanol–water partition coefficient (Wildman–Crippen LogP) is 3.11. The second kappa shape index (κ2) is 8.54. The number of pyridine rings is 1. The molecule has 1 N–H and O–H groups in total. The van der Waals surface area contributed by atoms with Crippen molar-refractivity contribution in [2.75, 3.05) is 27.2 Å². The lowest BCUT2D eigenvalue weighted by Crippen LogP contribution is -2.32. The summed E-state index contributed by atoms with van der Waals surface area (Å²) in [5.74, 6) is -1.48. The lowest BCUT2D eigenvalue weighted by atomic mass is 9.96. The molecule has 2 aromatic rings. The van der Waals surface area contributed by atoms with Crippen molar-refractivity contribution in [1.82, 2.24) is 14.8 Å². The van der Waals surface area contributed by atoms with Gasteiger partial charge in [-0.05, 0) is 69.0 Å². The van der Waals surface area contributed by atoms with Gasteiger partial charge in [0.2, 0.25) is 0 Å². The van der Waals surface area contributed by atoms with E-state index in [0.717, 1.165) is 12.1 Å². The van der Waals surface area contributed by atoms with Crippen LogP contribution in [0.4, 0.5) is 0 Å². The molecule has 1 saturated heterocycles. The number of benzene rings is 1. The summed E-state index contributed by atoms with van der Waals surface area (Å²) in [5, 5.41) is 11.4. The standard InChI is InChI=1S/C21H22ClN3O3/c1-24(2)12-3-13-25-18(14-8-10-23-11-9-14)17(20(27)21(25)28)19(26)15-4-6-16(22)7-5-15/h4-11,18,26H,3,12-13H2,1-2H3/t18-/m1/s1. The quantitative estimate of drug-likeness (QED) is 0.459. The molecule has 6 nitrogen and oxygen atoms in total. The number of rotatable bonds is 6. The molecule has 28 heavy (non-hydrogen) atoms. The van der Waals surface area contributed by atoms with E-state index in [-0.39, 0.29) is 11.3 Å². The smallest absolute Gasteiger partial charge is 0.295 e. The molecule has 1 atom stereocenters. The number of amides is 1. The zero-order valence-electron chi connectivity index (χ0n) is 15.8. The van der Waals surface area contributed by atoms with Crippen molar-refractivity contribution in [3.63, 3.8) is 0 Å². The van der Waals surface area contributed by atoms with E-state index in [1.165, 1.54) is 4.90 Å². The molecule has 0 spiro atoms. The monoisotopic (exact) mass is 399 g/mol. The van der Waals surface area contributed by atoms with E-state index in [0.29, 0.717) is 23.6 Å². The highest BCUT2D eigenvalue weighted by molar-refractivity contribution is 6.46. The van der Waals surface area contributed by atoms with Crippen molar-refractivity contribution >= 4 is 29.1 Å². The molecule has 1 aromatic heterocycles. The first kappa shape index (κ1) is 20.0. The first-order valence-corrected chi connectivity index (χ1v) is 9.37. The summed E-state index contributed by atoms with van der Waals surface area (Å²) in [4.78, 5) is 33.1. The van der Waals surface area contributed by atoms with Gasteiger partial charge in [-0.15, -0.1) is 0 Å². The Balaban J connectivity index is 2.06. The molecule has 1 aliphatic heterocycles. The molecule has 1 aromatic carbocycles. The minimum atomic E-state index is -0.681. The summed E-state index contributed by atoms with van der Waals surface area (Å²) >= 11 is 5.92. The summed E-state index contributed by atoms with van der Waals surface area (Å²) in [7, 11) is 3.91. The number of carbonyl (C=O) groups is 2. The molecule has 0 unspecified atom stereocenters. The predicted molar refractivity (Wildman–Crippen MR) is 108 cm³/mol. The maximum Gasteiger partial charge on any atom is 0.295 e. The fraction of sp³-hybridized carbons (Fsp3) is 0.286. The van der Waals surface area contributed by atoms with E-state index < -0.39 is 17.7 Å². The minimum Gasteiger partial charge on any atom is -0.507 e. The lowest BCUT2D eigenvalue weighted by molar-refractivity contribution is -0.139. The molecular formula is C21H22ClN3O3. The van der Waals surface area contributed by atoms with E-state index in [9.17, 15) is 14.7 Å². The number of Topliss-reactive ketones (excluding diaryl/α,β-unsaturated/α-hetero) is 1. The fourth-order valence-corrected chi connectivity index (χ4v) is 3.45. The third-order valence-electron chi connectivity index (χ3n) is 4.68. The van der Waals surface area contributed by atoms with Gasteiger partial charge in [-0.25, -0.2) is 0 Å². The van der Waals surface area contributed by atoms with Crippen molar-refractivity contribution in [3.8, 4) is 0 Å². The third-order valence-corrected chi connectivity index (χ3v) is 4.94. The molecule has 7 heteroatoms. The molecule has 0 aliphatic carbocycles. The Bertz CT molecular complexity index is 895. The van der Waals surface area contributed by atoms with Crippen LogP contribution in [0, 0.1) is 0 Å². The van der Waals surface area contributed by atoms with E-state index in [1.807, 2.05) is 19.0 Å². The number of aliphatic hydroxyl groups excluding tert-OH is 1. The maximum absolute atomic E-state index is 12.8. The number of halogens is 1. The van der Waals surface area contributed by atoms with E-state index in [2.05, 4.69) is 4.98 Å². The van der Waals surface area contributed by atoms with Crippen LogP contribution < -0.4 is 0 Å². The van der Waals surface area contributed by atoms with Gasteiger partial charge in [-0.2, -0.15) is 0 Å². The van der Waals surface area contributed by atoms with Crippen LogP contribution in [0.5, 0.6) is 0 Å². The number of hydrogen-bond acceptors (Lipinski definition) is 5. The van der Waals surface area contributed by atoms with E-state index in [1.54, 1.807) is 48.8 Å². The second-order valence-electron chi connectivity index (χ2n) is 6.94. The van der Waals surface area contributed by atoms with Crippen LogP contribution in [0.15, 0.2) is 54.4 Å². The van der Waals surface area contributed by atoms with Gasteiger partial charge in [0, 0.05) is 29.5 Å². The summed E-state index contributed by atoms with van der Waals surface area (Å²) in [6, 6.07) is 9.37. The molecule has 146 valence electrons. The van der Waals surface area contributed by atoms with Gasteiger partial charge in [-0.3, -0.25) is 14.6 Å². The van der Waals surface area contributed by atoms with Gasteiger partial charge in [-0.1, -0.05) is 11.6 Å². The zero-order chi connectivity index (χ0) is 20.3. The molecule has 1 amide bonds. The van der Waals surface area contributed by atoms with Crippen molar-refractivity contribution in [2.45, 2.75) is 12.5 Å². The summed E-state index contributed by atoms with van der Waals surface area (Å²) in [6.45, 7) is 1.19. The van der Waals surface area contributed by atoms with Crippen LogP contribution in [0.3, 0.4) is 0 Å². The number of aliphatic hydroxyl groups is 1. The molecule has 0 bridgehead atoms. The molecule has 3 rings (SSSR count). The van der Waals surface area contributed by atoms with Crippen LogP contribution in [-0.2, 0) is 9.59 Å². The van der Waals surface area contributed by atoms with Gasteiger partial charge >= 0.3 is 0 Å². The molecule has 0 radical (unpaired) electrons. The second-order valence-corrected chi connectivity index (χ2v) is 7.37. The highest BCUT2D eigenvalue weighted by atomic mass is 35.5. The van der Waals surface area contributed by atoms with E-state index >= 15 is 0 Å². The fourth-order valence-electron chi connectivity index (χ4n) is 3.32. The van der Waals surface area contributed by atoms with Crippen molar-refractivity contribution in [1.29, 1.82) is 0 Å². The molecule has 1 aliphatic rings. The Morgan fingerprint density at radius 3 is 2.39 bits per heavy atom. The Hall–Kier alpha value is -2.70. The Morgan fingerprint density at radius 1 is 1.14 bits per heavy atom. The normalized spacial score (nSPS) is 18.9.